The lowest BCUT2D eigenvalue weighted by atomic mass is 10.6. The molecule has 0 aromatic carbocycles. The molecule has 0 aromatic rings. The van der Waals surface area contributed by atoms with Crippen LogP contribution in [0.1, 0.15) is 0 Å². The summed E-state index contributed by atoms with van der Waals surface area (Å²) >= 11 is 0. The third-order valence-electron chi connectivity index (χ3n) is 0.870. The first kappa shape index (κ1) is 9.46. The minimum Gasteiger partial charge on any atom is -0.369 e. The molecule has 60 valence electrons. The molecule has 0 aliphatic carbocycles. The Kier molecular flexibility index (Phi) is 5.66. The van der Waals surface area contributed by atoms with Crippen molar-refractivity contribution in [1.82, 2.24) is 5.32 Å². The van der Waals surface area contributed by atoms with Crippen LogP contribution >= 0.6 is 0 Å². The summed E-state index contributed by atoms with van der Waals surface area (Å²) in [6, 6.07) is 0. The molecule has 0 saturated heterocycles. The SMILES string of the molecule is C1=CCNC1.N#CN=C(N)N. The van der Waals surface area contributed by atoms with E-state index in [2.05, 4.69) is 22.5 Å². The van der Waals surface area contributed by atoms with E-state index in [1.54, 1.807) is 0 Å². The van der Waals surface area contributed by atoms with Crippen LogP contribution in [0.5, 0.6) is 0 Å². The molecule has 5 N–H and O–H groups in total. The fourth-order valence-electron chi connectivity index (χ4n) is 0.474. The third kappa shape index (κ3) is 8.46. The quantitative estimate of drug-likeness (QED) is 0.178. The summed E-state index contributed by atoms with van der Waals surface area (Å²) in [6.45, 7) is 2.14. The van der Waals surface area contributed by atoms with Gasteiger partial charge in [0.1, 0.15) is 0 Å². The van der Waals surface area contributed by atoms with Gasteiger partial charge in [-0.15, -0.1) is 4.99 Å². The summed E-state index contributed by atoms with van der Waals surface area (Å²) in [5, 5.41) is 10.8. The van der Waals surface area contributed by atoms with Crippen LogP contribution in [0.25, 0.3) is 0 Å². The number of guanidine groups is 1. The molecular formula is C6H11N5. The van der Waals surface area contributed by atoms with Gasteiger partial charge in [-0.3, -0.25) is 0 Å². The summed E-state index contributed by atoms with van der Waals surface area (Å²) in [4.78, 5) is 2.90. The van der Waals surface area contributed by atoms with E-state index in [1.165, 1.54) is 6.19 Å². The van der Waals surface area contributed by atoms with E-state index in [4.69, 9.17) is 16.7 Å². The van der Waals surface area contributed by atoms with Crippen molar-refractivity contribution in [2.45, 2.75) is 0 Å². The number of hydrogen-bond acceptors (Lipinski definition) is 3. The van der Waals surface area contributed by atoms with Crippen LogP contribution in [0.4, 0.5) is 0 Å². The predicted molar refractivity (Wildman–Crippen MR) is 43.4 cm³/mol. The minimum atomic E-state index is -0.197. The van der Waals surface area contributed by atoms with E-state index >= 15 is 0 Å². The molecule has 1 rings (SSSR count). The zero-order chi connectivity index (χ0) is 8.53. The molecule has 0 aromatic heterocycles. The van der Waals surface area contributed by atoms with Gasteiger partial charge in [0.05, 0.1) is 0 Å². The van der Waals surface area contributed by atoms with Crippen molar-refractivity contribution in [1.29, 1.82) is 5.26 Å². The second-order valence-electron chi connectivity index (χ2n) is 1.77. The number of nitriles is 1. The van der Waals surface area contributed by atoms with Gasteiger partial charge in [-0.25, -0.2) is 0 Å². The van der Waals surface area contributed by atoms with Crippen molar-refractivity contribution < 1.29 is 0 Å². The van der Waals surface area contributed by atoms with Gasteiger partial charge in [-0.2, -0.15) is 5.26 Å². The van der Waals surface area contributed by atoms with Crippen molar-refractivity contribution >= 4 is 5.96 Å². The Labute approximate surface area is 65.4 Å². The standard InChI is InChI=1S/C4H7N.C2H4N4/c1-2-4-5-3-1;3-1-6-2(4)5/h1-2,5H,3-4H2;(H4,4,5,6). The monoisotopic (exact) mass is 153 g/mol. The Hall–Kier alpha value is -1.54. The fraction of sp³-hybridized carbons (Fsp3) is 0.333. The summed E-state index contributed by atoms with van der Waals surface area (Å²) < 4.78 is 0. The lowest BCUT2D eigenvalue weighted by Gasteiger charge is -1.77. The summed E-state index contributed by atoms with van der Waals surface area (Å²) in [5.41, 5.74) is 9.42. The maximum absolute atomic E-state index is 7.64. The van der Waals surface area contributed by atoms with Crippen LogP contribution in [-0.4, -0.2) is 19.0 Å². The molecule has 5 nitrogen and oxygen atoms in total. The zero-order valence-electron chi connectivity index (χ0n) is 6.12. The largest absolute Gasteiger partial charge is 0.369 e. The molecule has 0 fully saturated rings. The van der Waals surface area contributed by atoms with Gasteiger partial charge in [0, 0.05) is 13.1 Å². The normalized spacial score (nSPS) is 12.6. The van der Waals surface area contributed by atoms with Crippen molar-refractivity contribution in [3.05, 3.63) is 12.2 Å². The Bertz CT molecular complexity index is 178. The third-order valence-corrected chi connectivity index (χ3v) is 0.870. The van der Waals surface area contributed by atoms with E-state index in [0.717, 1.165) is 13.1 Å². The van der Waals surface area contributed by atoms with Crippen LogP contribution < -0.4 is 16.8 Å². The molecule has 0 atom stereocenters. The second kappa shape index (κ2) is 6.58. The first-order chi connectivity index (χ1) is 5.27. The Morgan fingerprint density at radius 2 is 2.00 bits per heavy atom. The van der Waals surface area contributed by atoms with E-state index < -0.39 is 0 Å². The molecule has 1 aliphatic heterocycles. The van der Waals surface area contributed by atoms with Gasteiger partial charge in [0.15, 0.2) is 0 Å². The molecule has 1 aliphatic rings. The number of aliphatic imine (C=N–C) groups is 1. The minimum absolute atomic E-state index is 0.197. The van der Waals surface area contributed by atoms with Crippen molar-refractivity contribution in [3.8, 4) is 6.19 Å². The predicted octanol–water partition coefficient (Wildman–Crippen LogP) is -1.11. The van der Waals surface area contributed by atoms with Gasteiger partial charge in [0.2, 0.25) is 12.2 Å². The highest BCUT2D eigenvalue weighted by atomic mass is 15.0. The lowest BCUT2D eigenvalue weighted by Crippen LogP contribution is -2.21. The molecule has 0 radical (unpaired) electrons. The summed E-state index contributed by atoms with van der Waals surface area (Å²) in [5.74, 6) is -0.197. The molecule has 1 heterocycles. The number of nitrogens with one attached hydrogen (secondary N) is 1. The summed E-state index contributed by atoms with van der Waals surface area (Å²) in [6.07, 6.45) is 5.66. The molecule has 0 spiro atoms. The number of rotatable bonds is 0. The molecule has 0 amide bonds. The van der Waals surface area contributed by atoms with Crippen LogP contribution in [0, 0.1) is 11.5 Å². The average molecular weight is 153 g/mol. The molecule has 0 saturated carbocycles. The first-order valence-corrected chi connectivity index (χ1v) is 3.11. The van der Waals surface area contributed by atoms with Gasteiger partial charge in [-0.05, 0) is 0 Å². The van der Waals surface area contributed by atoms with Gasteiger partial charge < -0.3 is 16.8 Å². The van der Waals surface area contributed by atoms with Crippen LogP contribution in [0.2, 0.25) is 0 Å². The maximum Gasteiger partial charge on any atom is 0.209 e. The van der Waals surface area contributed by atoms with Gasteiger partial charge in [-0.1, -0.05) is 12.2 Å². The molecule has 0 unspecified atom stereocenters. The molecule has 0 bridgehead atoms. The molecular weight excluding hydrogens is 142 g/mol. The van der Waals surface area contributed by atoms with E-state index in [0.29, 0.717) is 0 Å². The van der Waals surface area contributed by atoms with Crippen molar-refractivity contribution in [2.24, 2.45) is 16.5 Å². The second-order valence-corrected chi connectivity index (χ2v) is 1.77. The molecule has 11 heavy (non-hydrogen) atoms. The van der Waals surface area contributed by atoms with E-state index in [1.807, 2.05) is 0 Å². The van der Waals surface area contributed by atoms with E-state index in [-0.39, 0.29) is 5.96 Å². The average Bonchev–Trinajstić information content (AvgIpc) is 2.41. The van der Waals surface area contributed by atoms with Crippen molar-refractivity contribution in [3.63, 3.8) is 0 Å². The van der Waals surface area contributed by atoms with Crippen LogP contribution in [-0.2, 0) is 0 Å². The van der Waals surface area contributed by atoms with Crippen molar-refractivity contribution in [2.75, 3.05) is 13.1 Å². The number of nitrogens with zero attached hydrogens (tertiary/aromatic N) is 2. The van der Waals surface area contributed by atoms with Gasteiger partial charge >= 0.3 is 0 Å². The highest BCUT2D eigenvalue weighted by Crippen LogP contribution is 1.75. The first-order valence-electron chi connectivity index (χ1n) is 3.11. The fourth-order valence-corrected chi connectivity index (χ4v) is 0.474. The van der Waals surface area contributed by atoms with Gasteiger partial charge in [0.25, 0.3) is 0 Å². The van der Waals surface area contributed by atoms with E-state index in [9.17, 15) is 0 Å². The van der Waals surface area contributed by atoms with Crippen LogP contribution in [0.15, 0.2) is 17.1 Å². The topological polar surface area (TPSA) is 100 Å². The highest BCUT2D eigenvalue weighted by molar-refractivity contribution is 5.76. The number of nitrogens with two attached hydrogens (primary N) is 2. The Balaban J connectivity index is 0.000000183. The maximum atomic E-state index is 7.64. The highest BCUT2D eigenvalue weighted by Gasteiger charge is 1.81. The zero-order valence-corrected chi connectivity index (χ0v) is 6.12. The molecule has 5 heteroatoms. The lowest BCUT2D eigenvalue weighted by molar-refractivity contribution is 0.892. The Morgan fingerprint density at radius 3 is 2.09 bits per heavy atom. The smallest absolute Gasteiger partial charge is 0.209 e. The Morgan fingerprint density at radius 1 is 1.45 bits per heavy atom. The number of hydrogen-bond donors (Lipinski definition) is 3. The summed E-state index contributed by atoms with van der Waals surface area (Å²) in [7, 11) is 0. The van der Waals surface area contributed by atoms with Crippen LogP contribution in [0.3, 0.4) is 0 Å².